The number of benzene rings is 1. The van der Waals surface area contributed by atoms with Crippen molar-refractivity contribution >= 4 is 21.5 Å². The highest BCUT2D eigenvalue weighted by Crippen LogP contribution is 2.24. The highest BCUT2D eigenvalue weighted by atomic mass is 32.2. The van der Waals surface area contributed by atoms with Gasteiger partial charge in [0.25, 0.3) is 5.69 Å². The fourth-order valence-corrected chi connectivity index (χ4v) is 3.52. The van der Waals surface area contributed by atoms with Gasteiger partial charge in [-0.25, -0.2) is 13.2 Å². The number of carboxylic acid groups (broad SMARTS) is 1. The molecule has 0 aliphatic rings. The second-order valence-corrected chi connectivity index (χ2v) is 7.33. The van der Waals surface area contributed by atoms with Crippen molar-refractivity contribution in [3.05, 3.63) is 39.4 Å². The molecular weight excluding hydrogens is 298 g/mol. The maximum Gasteiger partial charge on any atom is 0.343 e. The molecule has 1 rings (SSSR count). The Hall–Kier alpha value is -1.96. The van der Waals surface area contributed by atoms with Gasteiger partial charge < -0.3 is 5.11 Å². The minimum atomic E-state index is -3.51. The van der Waals surface area contributed by atoms with Crippen molar-refractivity contribution in [1.29, 1.82) is 0 Å². The molecule has 0 atom stereocenters. The van der Waals surface area contributed by atoms with Gasteiger partial charge in [-0.3, -0.25) is 10.1 Å². The van der Waals surface area contributed by atoms with Gasteiger partial charge in [0.2, 0.25) is 0 Å². The van der Waals surface area contributed by atoms with E-state index in [1.807, 2.05) is 13.8 Å². The molecule has 0 amide bonds. The topological polar surface area (TPSA) is 115 Å². The molecule has 0 bridgehead atoms. The van der Waals surface area contributed by atoms with Crippen LogP contribution in [0.3, 0.4) is 0 Å². The predicted molar refractivity (Wildman–Crippen MR) is 77.0 cm³/mol. The summed E-state index contributed by atoms with van der Waals surface area (Å²) in [7, 11) is -3.51. The third kappa shape index (κ3) is 4.82. The van der Waals surface area contributed by atoms with Crippen molar-refractivity contribution in [3.63, 3.8) is 0 Å². The minimum absolute atomic E-state index is 0.0551. The highest BCUT2D eigenvalue weighted by Gasteiger charge is 2.26. The standard InChI is InChI=1S/C13H17NO6S/c1-9(2)6-7-21(19,20)8-10-4-3-5-11(14(17)18)12(10)13(15)16/h3-5,9H,6-8H2,1-2H3,(H,15,16). The Morgan fingerprint density at radius 2 is 2.00 bits per heavy atom. The molecule has 1 N–H and O–H groups in total. The van der Waals surface area contributed by atoms with Crippen LogP contribution in [0.5, 0.6) is 0 Å². The van der Waals surface area contributed by atoms with Gasteiger partial charge in [-0.15, -0.1) is 0 Å². The van der Waals surface area contributed by atoms with Crippen LogP contribution in [0, 0.1) is 16.0 Å². The molecule has 1 aromatic rings. The molecular formula is C13H17NO6S. The van der Waals surface area contributed by atoms with Gasteiger partial charge in [0.1, 0.15) is 5.56 Å². The zero-order valence-electron chi connectivity index (χ0n) is 11.8. The lowest BCUT2D eigenvalue weighted by molar-refractivity contribution is -0.385. The monoisotopic (exact) mass is 315 g/mol. The quantitative estimate of drug-likeness (QED) is 0.609. The Bertz CT molecular complexity index is 651. The summed E-state index contributed by atoms with van der Waals surface area (Å²) in [6.45, 7) is 3.76. The van der Waals surface area contributed by atoms with Gasteiger partial charge in [0.05, 0.1) is 16.4 Å². The summed E-state index contributed by atoms with van der Waals surface area (Å²) in [5, 5.41) is 20.0. The first-order chi connectivity index (χ1) is 9.64. The summed E-state index contributed by atoms with van der Waals surface area (Å²) in [6, 6.07) is 3.63. The summed E-state index contributed by atoms with van der Waals surface area (Å²) in [4.78, 5) is 21.2. The van der Waals surface area contributed by atoms with E-state index in [1.165, 1.54) is 12.1 Å². The van der Waals surface area contributed by atoms with Gasteiger partial charge in [-0.2, -0.15) is 0 Å². The van der Waals surface area contributed by atoms with Crippen molar-refractivity contribution in [3.8, 4) is 0 Å². The van der Waals surface area contributed by atoms with Crippen molar-refractivity contribution in [2.75, 3.05) is 5.75 Å². The number of aromatic carboxylic acids is 1. The summed E-state index contributed by atoms with van der Waals surface area (Å²) in [6.07, 6.45) is 0.458. The van der Waals surface area contributed by atoms with Crippen LogP contribution in [0.1, 0.15) is 36.2 Å². The molecule has 0 aliphatic heterocycles. The van der Waals surface area contributed by atoms with Crippen molar-refractivity contribution in [2.24, 2.45) is 5.92 Å². The molecule has 0 aliphatic carbocycles. The van der Waals surface area contributed by atoms with E-state index in [0.717, 1.165) is 6.07 Å². The largest absolute Gasteiger partial charge is 0.477 e. The number of nitro groups is 1. The van der Waals surface area contributed by atoms with Crippen LogP contribution in [0.2, 0.25) is 0 Å². The van der Waals surface area contributed by atoms with E-state index in [9.17, 15) is 23.3 Å². The first-order valence-electron chi connectivity index (χ1n) is 6.34. The Morgan fingerprint density at radius 1 is 1.38 bits per heavy atom. The molecule has 21 heavy (non-hydrogen) atoms. The number of rotatable bonds is 7. The molecule has 0 radical (unpaired) electrons. The fraction of sp³-hybridized carbons (Fsp3) is 0.462. The van der Waals surface area contributed by atoms with Gasteiger partial charge in [0, 0.05) is 6.07 Å². The zero-order valence-corrected chi connectivity index (χ0v) is 12.6. The van der Waals surface area contributed by atoms with E-state index in [-0.39, 0.29) is 17.2 Å². The van der Waals surface area contributed by atoms with Crippen LogP contribution in [0.15, 0.2) is 18.2 Å². The molecule has 8 heteroatoms. The number of sulfone groups is 1. The smallest absolute Gasteiger partial charge is 0.343 e. The van der Waals surface area contributed by atoms with Gasteiger partial charge in [0.15, 0.2) is 9.84 Å². The summed E-state index contributed by atoms with van der Waals surface area (Å²) >= 11 is 0. The first kappa shape index (κ1) is 17.1. The van der Waals surface area contributed by atoms with Crippen molar-refractivity contribution in [2.45, 2.75) is 26.0 Å². The number of carbonyl (C=O) groups is 1. The summed E-state index contributed by atoms with van der Waals surface area (Å²) in [5.74, 6) is -1.89. The molecule has 0 saturated heterocycles. The van der Waals surface area contributed by atoms with E-state index in [0.29, 0.717) is 6.42 Å². The van der Waals surface area contributed by atoms with Gasteiger partial charge in [-0.1, -0.05) is 26.0 Å². The van der Waals surface area contributed by atoms with Crippen LogP contribution in [-0.2, 0) is 15.6 Å². The van der Waals surface area contributed by atoms with Crippen LogP contribution < -0.4 is 0 Å². The number of hydrogen-bond donors (Lipinski definition) is 1. The summed E-state index contributed by atoms with van der Waals surface area (Å²) in [5.41, 5.74) is -1.21. The van der Waals surface area contributed by atoms with Crippen LogP contribution in [-0.4, -0.2) is 30.2 Å². The van der Waals surface area contributed by atoms with E-state index in [4.69, 9.17) is 5.11 Å². The molecule has 0 heterocycles. The van der Waals surface area contributed by atoms with Crippen molar-refractivity contribution in [1.82, 2.24) is 0 Å². The number of hydrogen-bond acceptors (Lipinski definition) is 5. The van der Waals surface area contributed by atoms with Crippen LogP contribution in [0.25, 0.3) is 0 Å². The van der Waals surface area contributed by atoms with Gasteiger partial charge in [-0.05, 0) is 17.9 Å². The average Bonchev–Trinajstić information content (AvgIpc) is 2.35. The number of nitrogens with zero attached hydrogens (tertiary/aromatic N) is 1. The van der Waals surface area contributed by atoms with E-state index in [1.54, 1.807) is 0 Å². The highest BCUT2D eigenvalue weighted by molar-refractivity contribution is 7.90. The molecule has 0 aromatic heterocycles. The Labute approximate surface area is 122 Å². The lowest BCUT2D eigenvalue weighted by Gasteiger charge is -2.09. The first-order valence-corrected chi connectivity index (χ1v) is 8.16. The lowest BCUT2D eigenvalue weighted by atomic mass is 10.1. The second-order valence-electron chi connectivity index (χ2n) is 5.15. The third-order valence-electron chi connectivity index (χ3n) is 2.92. The molecule has 0 saturated carbocycles. The molecule has 0 spiro atoms. The lowest BCUT2D eigenvalue weighted by Crippen LogP contribution is -2.15. The molecule has 7 nitrogen and oxygen atoms in total. The van der Waals surface area contributed by atoms with Crippen molar-refractivity contribution < 1.29 is 23.2 Å². The maximum atomic E-state index is 12.0. The molecule has 1 aromatic carbocycles. The number of nitro benzene ring substituents is 1. The van der Waals surface area contributed by atoms with Crippen LogP contribution in [0.4, 0.5) is 5.69 Å². The fourth-order valence-electron chi connectivity index (χ4n) is 1.83. The predicted octanol–water partition coefficient (Wildman–Crippen LogP) is 2.25. The Balaban J connectivity index is 3.17. The van der Waals surface area contributed by atoms with E-state index < -0.39 is 37.7 Å². The normalized spacial score (nSPS) is 11.6. The number of carboxylic acids is 1. The zero-order chi connectivity index (χ0) is 16.2. The summed E-state index contributed by atoms with van der Waals surface area (Å²) < 4.78 is 24.0. The molecule has 0 unspecified atom stereocenters. The van der Waals surface area contributed by atoms with Gasteiger partial charge >= 0.3 is 5.97 Å². The van der Waals surface area contributed by atoms with Crippen LogP contribution >= 0.6 is 0 Å². The SMILES string of the molecule is CC(C)CCS(=O)(=O)Cc1cccc([N+](=O)[O-])c1C(=O)O. The molecule has 116 valence electrons. The Morgan fingerprint density at radius 3 is 2.48 bits per heavy atom. The molecule has 0 fully saturated rings. The third-order valence-corrected chi connectivity index (χ3v) is 4.53. The maximum absolute atomic E-state index is 12.0. The Kier molecular flexibility index (Phi) is 5.42. The second kappa shape index (κ2) is 6.66. The minimum Gasteiger partial charge on any atom is -0.477 e. The van der Waals surface area contributed by atoms with E-state index in [2.05, 4.69) is 0 Å². The van der Waals surface area contributed by atoms with E-state index >= 15 is 0 Å². The average molecular weight is 315 g/mol.